The molecule has 1 heterocycles. The van der Waals surface area contributed by atoms with E-state index in [1.165, 1.54) is 93.5 Å². The van der Waals surface area contributed by atoms with E-state index >= 15 is 0 Å². The zero-order valence-electron chi connectivity index (χ0n) is 35.3. The van der Waals surface area contributed by atoms with Crippen LogP contribution >= 0.6 is 0 Å². The molecule has 1 aliphatic rings. The topological polar surface area (TPSA) is 6.48 Å². The first-order valence-corrected chi connectivity index (χ1v) is 21.9. The monoisotopic (exact) mass is 804 g/mol. The Bertz CT molecular complexity index is 3550. The molecule has 11 aromatic rings. The third kappa shape index (κ3) is 6.02. The largest absolute Gasteiger partial charge is 0.310 e. The van der Waals surface area contributed by atoms with Crippen molar-refractivity contribution in [2.75, 3.05) is 9.80 Å². The Morgan fingerprint density at radius 1 is 0.349 bits per heavy atom. The number of anilines is 6. The standard InChI is InChI=1S/C61H44N2/c1-61(2)55-26-11-12-27-58(55)63(60-52-24-10-7-18-45(52)32-37-54(60)53-25-13-20-43-16-5-8-22-50(43)53)59-38-33-47(40-56(59)61)42-29-34-48(35-30-42)62(49-36-31-41-15-3-4-19-46(41)39-49)57-28-14-21-44-17-6-9-23-51(44)57/h3-40H,1-2H3. The fourth-order valence-corrected chi connectivity index (χ4v) is 10.2. The zero-order chi connectivity index (χ0) is 42.1. The summed E-state index contributed by atoms with van der Waals surface area (Å²) in [6, 6.07) is 84.8. The molecule has 0 N–H and O–H groups in total. The van der Waals surface area contributed by atoms with Gasteiger partial charge in [-0.05, 0) is 109 Å². The van der Waals surface area contributed by atoms with Crippen molar-refractivity contribution in [1.82, 2.24) is 0 Å². The van der Waals surface area contributed by atoms with Gasteiger partial charge in [0.15, 0.2) is 0 Å². The van der Waals surface area contributed by atoms with E-state index in [1.807, 2.05) is 0 Å². The van der Waals surface area contributed by atoms with Gasteiger partial charge >= 0.3 is 0 Å². The Balaban J connectivity index is 1.02. The van der Waals surface area contributed by atoms with Crippen LogP contribution in [0.4, 0.5) is 34.1 Å². The van der Waals surface area contributed by atoms with Crippen LogP contribution in [0.3, 0.4) is 0 Å². The predicted molar refractivity (Wildman–Crippen MR) is 269 cm³/mol. The average Bonchev–Trinajstić information content (AvgIpc) is 3.34. The van der Waals surface area contributed by atoms with Gasteiger partial charge in [-0.3, -0.25) is 0 Å². The lowest BCUT2D eigenvalue weighted by Gasteiger charge is -2.43. The molecule has 0 saturated heterocycles. The van der Waals surface area contributed by atoms with Crippen molar-refractivity contribution in [2.45, 2.75) is 19.3 Å². The highest BCUT2D eigenvalue weighted by Gasteiger charge is 2.38. The van der Waals surface area contributed by atoms with Crippen LogP contribution in [0.5, 0.6) is 0 Å². The lowest BCUT2D eigenvalue weighted by molar-refractivity contribution is 0.632. The van der Waals surface area contributed by atoms with E-state index in [9.17, 15) is 0 Å². The minimum absolute atomic E-state index is 0.260. The second-order valence-corrected chi connectivity index (χ2v) is 17.3. The average molecular weight is 805 g/mol. The predicted octanol–water partition coefficient (Wildman–Crippen LogP) is 17.2. The molecule has 63 heavy (non-hydrogen) atoms. The van der Waals surface area contributed by atoms with Gasteiger partial charge < -0.3 is 9.80 Å². The number of rotatable bonds is 6. The molecule has 0 atom stereocenters. The summed E-state index contributed by atoms with van der Waals surface area (Å²) in [5.41, 5.74) is 14.2. The van der Waals surface area contributed by atoms with Crippen molar-refractivity contribution in [2.24, 2.45) is 0 Å². The minimum atomic E-state index is -0.260. The smallest absolute Gasteiger partial charge is 0.0618 e. The third-order valence-electron chi connectivity index (χ3n) is 13.4. The molecule has 2 heteroatoms. The molecule has 0 radical (unpaired) electrons. The van der Waals surface area contributed by atoms with Crippen LogP contribution in [0, 0.1) is 0 Å². The molecule has 0 fully saturated rings. The maximum Gasteiger partial charge on any atom is 0.0618 e. The fraction of sp³-hybridized carbons (Fsp3) is 0.0492. The second kappa shape index (κ2) is 14.6. The molecule has 1 aliphatic heterocycles. The Kier molecular flexibility index (Phi) is 8.55. The Hall–Kier alpha value is -7.94. The van der Waals surface area contributed by atoms with Crippen molar-refractivity contribution >= 4 is 77.2 Å². The van der Waals surface area contributed by atoms with Gasteiger partial charge in [0, 0.05) is 33.1 Å². The third-order valence-corrected chi connectivity index (χ3v) is 13.4. The first-order chi connectivity index (χ1) is 31.0. The van der Waals surface area contributed by atoms with Crippen LogP contribution in [0.1, 0.15) is 25.0 Å². The van der Waals surface area contributed by atoms with Gasteiger partial charge in [0.05, 0.1) is 22.7 Å². The highest BCUT2D eigenvalue weighted by molar-refractivity contribution is 6.11. The first kappa shape index (κ1) is 36.9. The van der Waals surface area contributed by atoms with Crippen molar-refractivity contribution in [3.8, 4) is 22.3 Å². The van der Waals surface area contributed by atoms with E-state index in [2.05, 4.69) is 254 Å². The molecule has 0 saturated carbocycles. The highest BCUT2D eigenvalue weighted by atomic mass is 15.2. The van der Waals surface area contributed by atoms with E-state index < -0.39 is 0 Å². The molecule has 0 aliphatic carbocycles. The molecule has 0 bridgehead atoms. The molecule has 0 amide bonds. The Morgan fingerprint density at radius 2 is 0.905 bits per heavy atom. The van der Waals surface area contributed by atoms with Crippen molar-refractivity contribution < 1.29 is 0 Å². The summed E-state index contributed by atoms with van der Waals surface area (Å²) < 4.78 is 0. The van der Waals surface area contributed by atoms with Gasteiger partial charge in [0.1, 0.15) is 0 Å². The maximum atomic E-state index is 2.55. The molecule has 2 nitrogen and oxygen atoms in total. The maximum absolute atomic E-state index is 2.55. The van der Waals surface area contributed by atoms with Gasteiger partial charge in [-0.2, -0.15) is 0 Å². The summed E-state index contributed by atoms with van der Waals surface area (Å²) in [6.45, 7) is 4.77. The lowest BCUT2D eigenvalue weighted by Crippen LogP contribution is -2.31. The highest BCUT2D eigenvalue weighted by Crippen LogP contribution is 2.56. The quantitative estimate of drug-likeness (QED) is 0.165. The normalized spacial score (nSPS) is 13.0. The SMILES string of the molecule is CC1(C)c2ccccc2N(c2c(-c3cccc4ccccc34)ccc3ccccc23)c2ccc(-c3ccc(N(c4ccc5ccccc5c4)c4cccc5ccccc45)cc3)cc21. The van der Waals surface area contributed by atoms with E-state index in [0.29, 0.717) is 0 Å². The van der Waals surface area contributed by atoms with E-state index in [-0.39, 0.29) is 5.41 Å². The minimum Gasteiger partial charge on any atom is -0.310 e. The molecule has 12 rings (SSSR count). The first-order valence-electron chi connectivity index (χ1n) is 21.9. The lowest BCUT2D eigenvalue weighted by atomic mass is 9.72. The van der Waals surface area contributed by atoms with Crippen molar-refractivity contribution in [1.29, 1.82) is 0 Å². The van der Waals surface area contributed by atoms with Gasteiger partial charge in [-0.25, -0.2) is 0 Å². The van der Waals surface area contributed by atoms with E-state index in [0.717, 1.165) is 17.1 Å². The summed E-state index contributed by atoms with van der Waals surface area (Å²) in [6.07, 6.45) is 0. The number of hydrogen-bond acceptors (Lipinski definition) is 2. The summed E-state index contributed by atoms with van der Waals surface area (Å²) in [5, 5.41) is 9.83. The van der Waals surface area contributed by atoms with Gasteiger partial charge in [-0.1, -0.05) is 196 Å². The van der Waals surface area contributed by atoms with Crippen LogP contribution in [-0.4, -0.2) is 0 Å². The molecular formula is C61H44N2. The van der Waals surface area contributed by atoms with Crippen LogP contribution < -0.4 is 9.80 Å². The molecule has 0 spiro atoms. The molecular weight excluding hydrogens is 761 g/mol. The number of fused-ring (bicyclic) bond motifs is 6. The van der Waals surface area contributed by atoms with E-state index in [4.69, 9.17) is 0 Å². The van der Waals surface area contributed by atoms with Crippen LogP contribution in [0.25, 0.3) is 65.3 Å². The summed E-state index contributed by atoms with van der Waals surface area (Å²) in [4.78, 5) is 4.95. The van der Waals surface area contributed by atoms with Gasteiger partial charge in [-0.15, -0.1) is 0 Å². The van der Waals surface area contributed by atoms with Crippen LogP contribution in [0.2, 0.25) is 0 Å². The number of hydrogen-bond donors (Lipinski definition) is 0. The van der Waals surface area contributed by atoms with Crippen LogP contribution in [-0.2, 0) is 5.41 Å². The zero-order valence-corrected chi connectivity index (χ0v) is 35.3. The van der Waals surface area contributed by atoms with Crippen molar-refractivity contribution in [3.05, 3.63) is 242 Å². The van der Waals surface area contributed by atoms with Gasteiger partial charge in [0.2, 0.25) is 0 Å². The Morgan fingerprint density at radius 3 is 1.70 bits per heavy atom. The number of benzene rings is 11. The van der Waals surface area contributed by atoms with Crippen LogP contribution in [0.15, 0.2) is 231 Å². The van der Waals surface area contributed by atoms with Crippen molar-refractivity contribution in [3.63, 3.8) is 0 Å². The molecule has 0 unspecified atom stereocenters. The fourth-order valence-electron chi connectivity index (χ4n) is 10.2. The van der Waals surface area contributed by atoms with E-state index in [1.54, 1.807) is 0 Å². The molecule has 11 aromatic carbocycles. The summed E-state index contributed by atoms with van der Waals surface area (Å²) in [5.74, 6) is 0. The molecule has 298 valence electrons. The summed E-state index contributed by atoms with van der Waals surface area (Å²) in [7, 11) is 0. The van der Waals surface area contributed by atoms with Gasteiger partial charge in [0.25, 0.3) is 0 Å². The molecule has 0 aromatic heterocycles. The number of nitrogens with zero attached hydrogens (tertiary/aromatic N) is 2. The Labute approximate surface area is 368 Å². The second-order valence-electron chi connectivity index (χ2n) is 17.3. The number of para-hydroxylation sites is 1. The summed E-state index contributed by atoms with van der Waals surface area (Å²) >= 11 is 0.